The summed E-state index contributed by atoms with van der Waals surface area (Å²) in [4.78, 5) is 14.4. The van der Waals surface area contributed by atoms with E-state index in [9.17, 15) is 13.2 Å². The molecule has 0 spiro atoms. The molecule has 0 amide bonds. The monoisotopic (exact) mass is 295 g/mol. The summed E-state index contributed by atoms with van der Waals surface area (Å²) >= 11 is 0. The van der Waals surface area contributed by atoms with Gasteiger partial charge in [0.05, 0.1) is 18.1 Å². The van der Waals surface area contributed by atoms with Crippen LogP contribution in [-0.2, 0) is 9.84 Å². The summed E-state index contributed by atoms with van der Waals surface area (Å²) in [5.41, 5.74) is 3.93. The van der Waals surface area contributed by atoms with Crippen molar-refractivity contribution in [3.8, 4) is 0 Å². The first-order valence-corrected chi connectivity index (χ1v) is 8.64. The van der Waals surface area contributed by atoms with E-state index in [0.717, 1.165) is 22.3 Å². The number of carbonyl (C=O) groups is 1. The second kappa shape index (κ2) is 5.66. The van der Waals surface area contributed by atoms with Gasteiger partial charge in [0.25, 0.3) is 0 Å². The lowest BCUT2D eigenvalue weighted by Gasteiger charge is -2.26. The summed E-state index contributed by atoms with van der Waals surface area (Å²) in [7, 11) is -2.89. The molecule has 0 N–H and O–H groups in total. The van der Waals surface area contributed by atoms with Gasteiger partial charge in [0.15, 0.2) is 15.6 Å². The predicted octanol–water partition coefficient (Wildman–Crippen LogP) is 1.52. The molecule has 0 aliphatic carbocycles. The molecule has 1 fully saturated rings. The summed E-state index contributed by atoms with van der Waals surface area (Å²) in [6.07, 6.45) is 0. The van der Waals surface area contributed by atoms with E-state index in [1.54, 1.807) is 0 Å². The molecular weight excluding hydrogens is 274 g/mol. The zero-order valence-electron chi connectivity index (χ0n) is 12.3. The molecule has 0 aromatic heterocycles. The largest absolute Gasteiger partial charge is 0.294 e. The Morgan fingerprint density at radius 2 is 1.60 bits per heavy atom. The zero-order valence-corrected chi connectivity index (χ0v) is 13.1. The molecule has 0 unspecified atom stereocenters. The van der Waals surface area contributed by atoms with Crippen molar-refractivity contribution in [2.45, 2.75) is 20.8 Å². The van der Waals surface area contributed by atoms with Crippen LogP contribution in [0.3, 0.4) is 0 Å². The molecule has 2 rings (SSSR count). The normalized spacial score (nSPS) is 18.9. The Morgan fingerprint density at radius 3 is 2.10 bits per heavy atom. The van der Waals surface area contributed by atoms with E-state index in [2.05, 4.69) is 0 Å². The highest BCUT2D eigenvalue weighted by Crippen LogP contribution is 2.18. The van der Waals surface area contributed by atoms with Crippen LogP contribution in [0.5, 0.6) is 0 Å². The van der Waals surface area contributed by atoms with Crippen LogP contribution in [-0.4, -0.2) is 50.2 Å². The Bertz CT molecular complexity index is 598. The van der Waals surface area contributed by atoms with Gasteiger partial charge in [0, 0.05) is 18.7 Å². The SMILES string of the molecule is Cc1cc(C)c(C(=O)CN2CCS(=O)(=O)CC2)c(C)c1. The second-order valence-corrected chi connectivity index (χ2v) is 7.93. The molecule has 1 saturated heterocycles. The third kappa shape index (κ3) is 3.46. The predicted molar refractivity (Wildman–Crippen MR) is 80.1 cm³/mol. The molecule has 4 nitrogen and oxygen atoms in total. The minimum Gasteiger partial charge on any atom is -0.294 e. The van der Waals surface area contributed by atoms with Gasteiger partial charge in [0.2, 0.25) is 0 Å². The van der Waals surface area contributed by atoms with Gasteiger partial charge in [0.1, 0.15) is 0 Å². The molecule has 0 radical (unpaired) electrons. The molecule has 20 heavy (non-hydrogen) atoms. The standard InChI is InChI=1S/C15H21NO3S/c1-11-8-12(2)15(13(3)9-11)14(17)10-16-4-6-20(18,19)7-5-16/h8-9H,4-7,10H2,1-3H3. The maximum absolute atomic E-state index is 12.4. The topological polar surface area (TPSA) is 54.5 Å². The van der Waals surface area contributed by atoms with Gasteiger partial charge >= 0.3 is 0 Å². The van der Waals surface area contributed by atoms with Crippen molar-refractivity contribution < 1.29 is 13.2 Å². The molecule has 0 atom stereocenters. The number of sulfone groups is 1. The van der Waals surface area contributed by atoms with Crippen molar-refractivity contribution >= 4 is 15.6 Å². The van der Waals surface area contributed by atoms with Crippen molar-refractivity contribution in [3.05, 3.63) is 34.4 Å². The van der Waals surface area contributed by atoms with E-state index in [-0.39, 0.29) is 17.3 Å². The van der Waals surface area contributed by atoms with Gasteiger partial charge in [-0.15, -0.1) is 0 Å². The van der Waals surface area contributed by atoms with Crippen LogP contribution in [0.2, 0.25) is 0 Å². The molecule has 0 saturated carbocycles. The highest BCUT2D eigenvalue weighted by atomic mass is 32.2. The van der Waals surface area contributed by atoms with Crippen molar-refractivity contribution in [3.63, 3.8) is 0 Å². The number of hydrogen-bond donors (Lipinski definition) is 0. The van der Waals surface area contributed by atoms with E-state index in [0.29, 0.717) is 19.6 Å². The quantitative estimate of drug-likeness (QED) is 0.794. The number of ketones is 1. The second-order valence-electron chi connectivity index (χ2n) is 5.62. The van der Waals surface area contributed by atoms with Gasteiger partial charge in [-0.05, 0) is 31.9 Å². The van der Waals surface area contributed by atoms with E-state index < -0.39 is 9.84 Å². The Hall–Kier alpha value is -1.20. The maximum atomic E-state index is 12.4. The molecule has 1 aliphatic heterocycles. The maximum Gasteiger partial charge on any atom is 0.177 e. The van der Waals surface area contributed by atoms with E-state index in [4.69, 9.17) is 0 Å². The summed E-state index contributed by atoms with van der Waals surface area (Å²) in [6.45, 7) is 7.14. The number of carbonyl (C=O) groups excluding carboxylic acids is 1. The molecule has 1 aliphatic rings. The Kier molecular flexibility index (Phi) is 4.30. The number of rotatable bonds is 3. The lowest BCUT2D eigenvalue weighted by Crippen LogP contribution is -2.42. The average molecular weight is 295 g/mol. The van der Waals surface area contributed by atoms with Gasteiger partial charge in [-0.2, -0.15) is 0 Å². The number of benzene rings is 1. The third-order valence-corrected chi connectivity index (χ3v) is 5.37. The summed E-state index contributed by atoms with van der Waals surface area (Å²) in [6, 6.07) is 4.03. The van der Waals surface area contributed by atoms with E-state index >= 15 is 0 Å². The summed E-state index contributed by atoms with van der Waals surface area (Å²) in [5, 5.41) is 0. The molecular formula is C15H21NO3S. The molecule has 0 bridgehead atoms. The molecule has 1 aromatic carbocycles. The lowest BCUT2D eigenvalue weighted by atomic mass is 9.96. The van der Waals surface area contributed by atoms with Crippen molar-refractivity contribution in [2.24, 2.45) is 0 Å². The fourth-order valence-corrected chi connectivity index (χ4v) is 4.09. The van der Waals surface area contributed by atoms with Gasteiger partial charge < -0.3 is 0 Å². The Balaban J connectivity index is 2.10. The van der Waals surface area contributed by atoms with Crippen LogP contribution in [0.15, 0.2) is 12.1 Å². The molecule has 1 aromatic rings. The van der Waals surface area contributed by atoms with E-state index in [1.165, 1.54) is 0 Å². The smallest absolute Gasteiger partial charge is 0.177 e. The summed E-state index contributed by atoms with van der Waals surface area (Å²) in [5.74, 6) is 0.400. The van der Waals surface area contributed by atoms with Crippen LogP contribution >= 0.6 is 0 Å². The fraction of sp³-hybridized carbons (Fsp3) is 0.533. The van der Waals surface area contributed by atoms with Gasteiger partial charge in [-0.1, -0.05) is 17.7 Å². The van der Waals surface area contributed by atoms with Gasteiger partial charge in [-0.3, -0.25) is 9.69 Å². The lowest BCUT2D eigenvalue weighted by molar-refractivity contribution is 0.0934. The Morgan fingerprint density at radius 1 is 1.10 bits per heavy atom. The van der Waals surface area contributed by atoms with Gasteiger partial charge in [-0.25, -0.2) is 8.42 Å². The third-order valence-electron chi connectivity index (χ3n) is 3.76. The number of hydrogen-bond acceptors (Lipinski definition) is 4. The van der Waals surface area contributed by atoms with Crippen LogP contribution < -0.4 is 0 Å². The van der Waals surface area contributed by atoms with Crippen molar-refractivity contribution in [2.75, 3.05) is 31.1 Å². The van der Waals surface area contributed by atoms with E-state index in [1.807, 2.05) is 37.8 Å². The fourth-order valence-electron chi connectivity index (χ4n) is 2.81. The highest BCUT2D eigenvalue weighted by molar-refractivity contribution is 7.91. The molecule has 110 valence electrons. The van der Waals surface area contributed by atoms with Crippen molar-refractivity contribution in [1.82, 2.24) is 4.90 Å². The number of nitrogens with zero attached hydrogens (tertiary/aromatic N) is 1. The average Bonchev–Trinajstić information content (AvgIpc) is 2.30. The number of aryl methyl sites for hydroxylation is 3. The first kappa shape index (κ1) is 15.2. The minimum atomic E-state index is -2.89. The Labute approximate surface area is 120 Å². The minimum absolute atomic E-state index is 0.0827. The number of Topliss-reactive ketones (excluding diaryl/α,β-unsaturated/α-hetero) is 1. The van der Waals surface area contributed by atoms with Crippen LogP contribution in [0.25, 0.3) is 0 Å². The first-order chi connectivity index (χ1) is 9.28. The molecule has 1 heterocycles. The summed E-state index contributed by atoms with van der Waals surface area (Å²) < 4.78 is 22.8. The van der Waals surface area contributed by atoms with Crippen molar-refractivity contribution in [1.29, 1.82) is 0 Å². The first-order valence-electron chi connectivity index (χ1n) is 6.82. The van der Waals surface area contributed by atoms with Crippen LogP contribution in [0.1, 0.15) is 27.0 Å². The van der Waals surface area contributed by atoms with Crippen LogP contribution in [0.4, 0.5) is 0 Å². The zero-order chi connectivity index (χ0) is 14.9. The molecule has 5 heteroatoms. The highest BCUT2D eigenvalue weighted by Gasteiger charge is 2.24. The van der Waals surface area contributed by atoms with Crippen LogP contribution in [0, 0.1) is 20.8 Å².